The molecule has 0 spiro atoms. The van der Waals surface area contributed by atoms with E-state index in [-0.39, 0.29) is 23.9 Å². The molecule has 6 nitrogen and oxygen atoms in total. The minimum Gasteiger partial charge on any atom is -0.331 e. The minimum atomic E-state index is -0.608. The van der Waals surface area contributed by atoms with Crippen LogP contribution >= 0.6 is 0 Å². The highest BCUT2D eigenvalue weighted by molar-refractivity contribution is 6.22. The van der Waals surface area contributed by atoms with E-state index in [1.807, 2.05) is 58.0 Å². The third-order valence-corrected chi connectivity index (χ3v) is 4.46. The summed E-state index contributed by atoms with van der Waals surface area (Å²) >= 11 is 0. The lowest BCUT2D eigenvalue weighted by Crippen LogP contribution is -2.45. The fourth-order valence-corrected chi connectivity index (χ4v) is 3.12. The summed E-state index contributed by atoms with van der Waals surface area (Å²) in [6, 6.07) is 13.8. The van der Waals surface area contributed by atoms with Gasteiger partial charge in [0.05, 0.1) is 17.2 Å². The van der Waals surface area contributed by atoms with Gasteiger partial charge in [-0.3, -0.25) is 14.5 Å². The van der Waals surface area contributed by atoms with Gasteiger partial charge in [0, 0.05) is 11.2 Å². The Kier molecular flexibility index (Phi) is 4.74. The van der Waals surface area contributed by atoms with Crippen molar-refractivity contribution in [2.75, 3.05) is 5.32 Å². The van der Waals surface area contributed by atoms with Gasteiger partial charge in [-0.25, -0.2) is 4.79 Å². The number of urea groups is 1. The fraction of sp³-hybridized carbons (Fsp3) is 0.286. The highest BCUT2D eigenvalue weighted by Gasteiger charge is 2.41. The van der Waals surface area contributed by atoms with Gasteiger partial charge in [-0.2, -0.15) is 0 Å². The van der Waals surface area contributed by atoms with Gasteiger partial charge in [-0.15, -0.1) is 0 Å². The second-order valence-electron chi connectivity index (χ2n) is 7.61. The average molecular weight is 365 g/mol. The SMILES string of the molecule is CC(NC(=O)Nc1ccc2c(c1)C(=O)N(C(C)(C)C)C2=O)c1ccccc1. The Morgan fingerprint density at radius 2 is 1.59 bits per heavy atom. The lowest BCUT2D eigenvalue weighted by Gasteiger charge is -2.29. The van der Waals surface area contributed by atoms with Crippen molar-refractivity contribution in [1.29, 1.82) is 0 Å². The lowest BCUT2D eigenvalue weighted by molar-refractivity contribution is 0.0507. The van der Waals surface area contributed by atoms with Crippen LogP contribution in [0, 0.1) is 0 Å². The maximum atomic E-state index is 12.6. The van der Waals surface area contributed by atoms with Crippen LogP contribution in [0.1, 0.15) is 60.0 Å². The van der Waals surface area contributed by atoms with Crippen molar-refractivity contribution >= 4 is 23.5 Å². The number of amides is 4. The molecular weight excluding hydrogens is 342 g/mol. The maximum absolute atomic E-state index is 12.6. The van der Waals surface area contributed by atoms with E-state index in [0.29, 0.717) is 16.8 Å². The monoisotopic (exact) mass is 365 g/mol. The Balaban J connectivity index is 1.74. The molecule has 4 amide bonds. The Morgan fingerprint density at radius 1 is 0.963 bits per heavy atom. The molecule has 1 aliphatic rings. The molecule has 0 bridgehead atoms. The van der Waals surface area contributed by atoms with E-state index in [4.69, 9.17) is 0 Å². The van der Waals surface area contributed by atoms with E-state index >= 15 is 0 Å². The number of hydrogen-bond donors (Lipinski definition) is 2. The zero-order valence-electron chi connectivity index (χ0n) is 15.9. The Hall–Kier alpha value is -3.15. The van der Waals surface area contributed by atoms with Crippen molar-refractivity contribution in [3.63, 3.8) is 0 Å². The molecule has 1 unspecified atom stereocenters. The molecule has 2 aromatic rings. The first kappa shape index (κ1) is 18.6. The van der Waals surface area contributed by atoms with E-state index in [2.05, 4.69) is 10.6 Å². The van der Waals surface area contributed by atoms with Crippen LogP contribution < -0.4 is 10.6 Å². The summed E-state index contributed by atoms with van der Waals surface area (Å²) in [4.78, 5) is 38.7. The summed E-state index contributed by atoms with van der Waals surface area (Å²) in [6.45, 7) is 7.33. The molecule has 2 aromatic carbocycles. The summed E-state index contributed by atoms with van der Waals surface area (Å²) in [5.41, 5.74) is 1.51. The molecule has 27 heavy (non-hydrogen) atoms. The number of nitrogens with one attached hydrogen (secondary N) is 2. The van der Waals surface area contributed by atoms with Gasteiger partial charge in [-0.1, -0.05) is 30.3 Å². The lowest BCUT2D eigenvalue weighted by atomic mass is 10.1. The minimum absolute atomic E-state index is 0.166. The highest BCUT2D eigenvalue weighted by Crippen LogP contribution is 2.30. The molecular formula is C21H23N3O3. The summed E-state index contributed by atoms with van der Waals surface area (Å²) < 4.78 is 0. The summed E-state index contributed by atoms with van der Waals surface area (Å²) in [5, 5.41) is 5.58. The van der Waals surface area contributed by atoms with Gasteiger partial charge in [0.15, 0.2) is 0 Å². The Morgan fingerprint density at radius 3 is 2.22 bits per heavy atom. The molecule has 6 heteroatoms. The topological polar surface area (TPSA) is 78.5 Å². The number of rotatable bonds is 3. The average Bonchev–Trinajstić information content (AvgIpc) is 2.86. The molecule has 1 heterocycles. The van der Waals surface area contributed by atoms with Crippen LogP contribution in [0.2, 0.25) is 0 Å². The molecule has 2 N–H and O–H groups in total. The third kappa shape index (κ3) is 3.69. The van der Waals surface area contributed by atoms with Gasteiger partial charge in [0.25, 0.3) is 11.8 Å². The molecule has 140 valence electrons. The van der Waals surface area contributed by atoms with Gasteiger partial charge >= 0.3 is 6.03 Å². The number of carbonyl (C=O) groups is 3. The van der Waals surface area contributed by atoms with Gasteiger partial charge < -0.3 is 10.6 Å². The summed E-state index contributed by atoms with van der Waals surface area (Å²) in [5.74, 6) is -0.652. The molecule has 0 aliphatic carbocycles. The zero-order chi connectivity index (χ0) is 19.8. The Bertz CT molecular complexity index is 901. The number of nitrogens with zero attached hydrogens (tertiary/aromatic N) is 1. The molecule has 0 fully saturated rings. The molecule has 3 rings (SSSR count). The highest BCUT2D eigenvalue weighted by atomic mass is 16.2. The second-order valence-corrected chi connectivity index (χ2v) is 7.61. The largest absolute Gasteiger partial charge is 0.331 e. The van der Waals surface area contributed by atoms with Crippen LogP contribution in [0.25, 0.3) is 0 Å². The first-order valence-corrected chi connectivity index (χ1v) is 8.84. The standard InChI is InChI=1S/C21H23N3O3/c1-13(14-8-6-5-7-9-14)22-20(27)23-15-10-11-16-17(12-15)19(26)24(18(16)25)21(2,3)4/h5-13H,1-4H3,(H2,22,23,27). The van der Waals surface area contributed by atoms with Crippen LogP contribution in [0.15, 0.2) is 48.5 Å². The van der Waals surface area contributed by atoms with E-state index in [1.54, 1.807) is 18.2 Å². The van der Waals surface area contributed by atoms with Gasteiger partial charge in [0.2, 0.25) is 0 Å². The van der Waals surface area contributed by atoms with Crippen molar-refractivity contribution in [3.8, 4) is 0 Å². The number of fused-ring (bicyclic) bond motifs is 1. The quantitative estimate of drug-likeness (QED) is 0.808. The van der Waals surface area contributed by atoms with Crippen molar-refractivity contribution in [3.05, 3.63) is 65.2 Å². The van der Waals surface area contributed by atoms with Crippen LogP contribution in [0.4, 0.5) is 10.5 Å². The fourth-order valence-electron chi connectivity index (χ4n) is 3.12. The Labute approximate surface area is 158 Å². The van der Waals surface area contributed by atoms with Gasteiger partial charge in [0.1, 0.15) is 0 Å². The molecule has 0 aromatic heterocycles. The number of imide groups is 1. The van der Waals surface area contributed by atoms with Crippen molar-refractivity contribution in [1.82, 2.24) is 10.2 Å². The molecule has 0 saturated heterocycles. The van der Waals surface area contributed by atoms with Crippen LogP contribution in [0.3, 0.4) is 0 Å². The predicted molar refractivity (Wildman–Crippen MR) is 104 cm³/mol. The molecule has 1 atom stereocenters. The zero-order valence-corrected chi connectivity index (χ0v) is 15.9. The van der Waals surface area contributed by atoms with E-state index < -0.39 is 5.54 Å². The van der Waals surface area contributed by atoms with Crippen molar-refractivity contribution in [2.24, 2.45) is 0 Å². The van der Waals surface area contributed by atoms with Crippen molar-refractivity contribution < 1.29 is 14.4 Å². The van der Waals surface area contributed by atoms with Crippen LogP contribution in [-0.4, -0.2) is 28.3 Å². The van der Waals surface area contributed by atoms with E-state index in [9.17, 15) is 14.4 Å². The van der Waals surface area contributed by atoms with Crippen LogP contribution in [0.5, 0.6) is 0 Å². The predicted octanol–water partition coefficient (Wildman–Crippen LogP) is 3.96. The van der Waals surface area contributed by atoms with Crippen LogP contribution in [-0.2, 0) is 0 Å². The smallest absolute Gasteiger partial charge is 0.319 e. The molecule has 1 aliphatic heterocycles. The second kappa shape index (κ2) is 6.87. The summed E-state index contributed by atoms with van der Waals surface area (Å²) in [7, 11) is 0. The van der Waals surface area contributed by atoms with E-state index in [0.717, 1.165) is 5.56 Å². The number of benzene rings is 2. The number of carbonyl (C=O) groups excluding carboxylic acids is 3. The first-order chi connectivity index (χ1) is 12.7. The van der Waals surface area contributed by atoms with E-state index in [1.165, 1.54) is 4.90 Å². The first-order valence-electron chi connectivity index (χ1n) is 8.84. The number of hydrogen-bond acceptors (Lipinski definition) is 3. The van der Waals surface area contributed by atoms with Crippen molar-refractivity contribution in [2.45, 2.75) is 39.3 Å². The normalized spacial score (nSPS) is 14.7. The number of anilines is 1. The third-order valence-electron chi connectivity index (χ3n) is 4.46. The summed E-state index contributed by atoms with van der Waals surface area (Å²) in [6.07, 6.45) is 0. The van der Waals surface area contributed by atoms with Gasteiger partial charge in [-0.05, 0) is 51.5 Å². The molecule has 0 saturated carbocycles. The maximum Gasteiger partial charge on any atom is 0.319 e. The molecule has 0 radical (unpaired) electrons.